The summed E-state index contributed by atoms with van der Waals surface area (Å²) in [7, 11) is 0. The molecule has 1 saturated carbocycles. The van der Waals surface area contributed by atoms with Crippen LogP contribution in [0.2, 0.25) is 0 Å². The van der Waals surface area contributed by atoms with E-state index in [0.717, 1.165) is 38.3 Å². The molecule has 2 saturated heterocycles. The number of carboxylic acids is 1. The highest BCUT2D eigenvalue weighted by Crippen LogP contribution is 2.42. The average molecular weight is 405 g/mol. The topological polar surface area (TPSA) is 76.1 Å². The molecule has 0 bridgehead atoms. The molecule has 29 heavy (non-hydrogen) atoms. The number of aromatic carboxylic acids is 1. The maximum atomic E-state index is 13.6. The number of hydrogen-bond acceptors (Lipinski definition) is 5. The van der Waals surface area contributed by atoms with E-state index in [0.29, 0.717) is 24.8 Å². The van der Waals surface area contributed by atoms with Gasteiger partial charge in [-0.1, -0.05) is 12.8 Å². The monoisotopic (exact) mass is 405 g/mol. The summed E-state index contributed by atoms with van der Waals surface area (Å²) in [4.78, 5) is 25.7. The van der Waals surface area contributed by atoms with Crippen molar-refractivity contribution in [2.45, 2.75) is 63.2 Å². The molecule has 4 rings (SSSR count). The van der Waals surface area contributed by atoms with Gasteiger partial charge in [-0.3, -0.25) is 9.69 Å². The summed E-state index contributed by atoms with van der Waals surface area (Å²) in [6.45, 7) is 3.78. The molecule has 158 valence electrons. The van der Waals surface area contributed by atoms with Crippen LogP contribution >= 0.6 is 0 Å². The molecule has 0 aromatic heterocycles. The van der Waals surface area contributed by atoms with E-state index in [4.69, 9.17) is 14.6 Å². The molecule has 7 heteroatoms. The maximum absolute atomic E-state index is 13.6. The Morgan fingerprint density at radius 2 is 2.10 bits per heavy atom. The van der Waals surface area contributed by atoms with Crippen LogP contribution in [0.3, 0.4) is 0 Å². The van der Waals surface area contributed by atoms with Crippen molar-refractivity contribution in [3.05, 3.63) is 29.6 Å². The summed E-state index contributed by atoms with van der Waals surface area (Å²) >= 11 is 0. The predicted octanol–water partition coefficient (Wildman–Crippen LogP) is 3.28. The average Bonchev–Trinajstić information content (AvgIpc) is 3.38. The molecule has 0 spiro atoms. The van der Waals surface area contributed by atoms with Gasteiger partial charge in [0.1, 0.15) is 23.3 Å². The molecule has 3 fully saturated rings. The van der Waals surface area contributed by atoms with Crippen LogP contribution in [0.15, 0.2) is 18.2 Å². The number of halogens is 1. The normalized spacial score (nSPS) is 30.3. The number of ketones is 1. The Balaban J connectivity index is 1.32. The van der Waals surface area contributed by atoms with Gasteiger partial charge in [-0.2, -0.15) is 0 Å². The van der Waals surface area contributed by atoms with Crippen molar-refractivity contribution in [1.29, 1.82) is 0 Å². The van der Waals surface area contributed by atoms with Gasteiger partial charge >= 0.3 is 5.97 Å². The second-order valence-electron chi connectivity index (χ2n) is 8.67. The third-order valence-corrected chi connectivity index (χ3v) is 6.55. The molecule has 2 heterocycles. The van der Waals surface area contributed by atoms with Gasteiger partial charge in [-0.25, -0.2) is 9.18 Å². The molecule has 1 aromatic rings. The molecule has 0 radical (unpaired) electrons. The number of likely N-dealkylation sites (tertiary alicyclic amines) is 1. The Bertz CT molecular complexity index is 785. The third kappa shape index (κ3) is 4.46. The minimum Gasteiger partial charge on any atom is -0.489 e. The fourth-order valence-corrected chi connectivity index (χ4v) is 4.59. The largest absolute Gasteiger partial charge is 0.489 e. The molecule has 3 atom stereocenters. The predicted molar refractivity (Wildman–Crippen MR) is 104 cm³/mol. The lowest BCUT2D eigenvalue weighted by Gasteiger charge is -2.41. The molecular formula is C22H28FNO5. The van der Waals surface area contributed by atoms with E-state index >= 15 is 0 Å². The first-order valence-corrected chi connectivity index (χ1v) is 10.4. The molecule has 1 aliphatic carbocycles. The van der Waals surface area contributed by atoms with E-state index < -0.39 is 17.4 Å². The molecule has 2 aliphatic heterocycles. The first kappa shape index (κ1) is 20.3. The van der Waals surface area contributed by atoms with E-state index in [9.17, 15) is 14.0 Å². The highest BCUT2D eigenvalue weighted by atomic mass is 19.1. The van der Waals surface area contributed by atoms with Gasteiger partial charge in [0.2, 0.25) is 0 Å². The molecular weight excluding hydrogens is 377 g/mol. The number of carbonyl (C=O) groups is 2. The fraction of sp³-hybridized carbons (Fsp3) is 0.636. The number of rotatable bonds is 7. The van der Waals surface area contributed by atoms with Crippen LogP contribution < -0.4 is 4.74 Å². The van der Waals surface area contributed by atoms with Gasteiger partial charge in [0.25, 0.3) is 0 Å². The number of carbonyl (C=O) groups excluding carboxylic acids is 1. The van der Waals surface area contributed by atoms with E-state index in [2.05, 4.69) is 4.90 Å². The molecule has 1 aromatic carbocycles. The van der Waals surface area contributed by atoms with Gasteiger partial charge in [0.05, 0.1) is 12.2 Å². The van der Waals surface area contributed by atoms with Crippen LogP contribution in [0.25, 0.3) is 0 Å². The number of hydrogen-bond donors (Lipinski definition) is 1. The molecule has 3 aliphatic rings. The Hall–Kier alpha value is -1.99. The quantitative estimate of drug-likeness (QED) is 0.750. The SMILES string of the molecule is CC(=O)[C@@]1(CC2CC2)CC[C@@H](N2CCC(Oc3ccc(F)c(C(=O)O)c3)C2)CO1. The number of Topliss-reactive ketones (excluding diaryl/α,β-unsaturated/α-hetero) is 1. The summed E-state index contributed by atoms with van der Waals surface area (Å²) < 4.78 is 25.6. The summed E-state index contributed by atoms with van der Waals surface area (Å²) in [5.41, 5.74) is -0.969. The number of ether oxygens (including phenoxy) is 2. The van der Waals surface area contributed by atoms with Crippen molar-refractivity contribution in [1.82, 2.24) is 4.90 Å². The van der Waals surface area contributed by atoms with Gasteiger partial charge in [-0.15, -0.1) is 0 Å². The molecule has 1 unspecified atom stereocenters. The van der Waals surface area contributed by atoms with Crippen LogP contribution in [-0.2, 0) is 9.53 Å². The van der Waals surface area contributed by atoms with E-state index in [-0.39, 0.29) is 23.5 Å². The third-order valence-electron chi connectivity index (χ3n) is 6.55. The smallest absolute Gasteiger partial charge is 0.338 e. The van der Waals surface area contributed by atoms with Gasteiger partial charge < -0.3 is 14.6 Å². The Morgan fingerprint density at radius 1 is 1.31 bits per heavy atom. The van der Waals surface area contributed by atoms with Gasteiger partial charge in [-0.05, 0) is 56.7 Å². The van der Waals surface area contributed by atoms with Crippen molar-refractivity contribution in [2.75, 3.05) is 19.7 Å². The minimum absolute atomic E-state index is 0.0759. The van der Waals surface area contributed by atoms with Crippen LogP contribution in [0.5, 0.6) is 5.75 Å². The van der Waals surface area contributed by atoms with Crippen LogP contribution in [0, 0.1) is 11.7 Å². The van der Waals surface area contributed by atoms with Crippen molar-refractivity contribution >= 4 is 11.8 Å². The van der Waals surface area contributed by atoms with Crippen LogP contribution in [0.4, 0.5) is 4.39 Å². The lowest BCUT2D eigenvalue weighted by atomic mass is 9.83. The van der Waals surface area contributed by atoms with Crippen molar-refractivity contribution in [3.8, 4) is 5.75 Å². The number of carboxylic acid groups (broad SMARTS) is 1. The highest BCUT2D eigenvalue weighted by Gasteiger charge is 2.46. The second kappa shape index (κ2) is 8.03. The van der Waals surface area contributed by atoms with Crippen LogP contribution in [-0.4, -0.2) is 59.2 Å². The summed E-state index contributed by atoms with van der Waals surface area (Å²) in [5, 5.41) is 9.06. The van der Waals surface area contributed by atoms with E-state index in [1.807, 2.05) is 0 Å². The van der Waals surface area contributed by atoms with Gasteiger partial charge in [0, 0.05) is 19.1 Å². The zero-order valence-electron chi connectivity index (χ0n) is 16.7. The first-order chi connectivity index (χ1) is 13.9. The van der Waals surface area contributed by atoms with Gasteiger partial charge in [0.15, 0.2) is 5.78 Å². The van der Waals surface area contributed by atoms with Crippen molar-refractivity contribution < 1.29 is 28.6 Å². The molecule has 1 N–H and O–H groups in total. The standard InChI is InChI=1S/C22H28FNO5/c1-14(25)22(11-15-2-3-15)8-6-16(13-28-22)24-9-7-18(12-24)29-17-4-5-20(23)19(10-17)21(26)27/h4-5,10,15-16,18H,2-3,6-9,11-13H2,1H3,(H,26,27)/t16-,18?,22+/m1/s1. The Labute approximate surface area is 170 Å². The number of nitrogens with zero attached hydrogens (tertiary/aromatic N) is 1. The lowest BCUT2D eigenvalue weighted by Crippen LogP contribution is -2.51. The Morgan fingerprint density at radius 3 is 2.72 bits per heavy atom. The highest BCUT2D eigenvalue weighted by molar-refractivity contribution is 5.88. The summed E-state index contributed by atoms with van der Waals surface area (Å²) in [6, 6.07) is 4.09. The number of benzene rings is 1. The second-order valence-corrected chi connectivity index (χ2v) is 8.67. The summed E-state index contributed by atoms with van der Waals surface area (Å²) in [5.74, 6) is -0.907. The van der Waals surface area contributed by atoms with Crippen molar-refractivity contribution in [3.63, 3.8) is 0 Å². The zero-order chi connectivity index (χ0) is 20.6. The molecule has 0 amide bonds. The van der Waals surface area contributed by atoms with Crippen molar-refractivity contribution in [2.24, 2.45) is 5.92 Å². The maximum Gasteiger partial charge on any atom is 0.338 e. The van der Waals surface area contributed by atoms with E-state index in [1.54, 1.807) is 6.92 Å². The van der Waals surface area contributed by atoms with E-state index in [1.165, 1.54) is 25.0 Å². The summed E-state index contributed by atoms with van der Waals surface area (Å²) in [6.07, 6.45) is 5.71. The first-order valence-electron chi connectivity index (χ1n) is 10.4. The van der Waals surface area contributed by atoms with Crippen LogP contribution in [0.1, 0.15) is 55.8 Å². The minimum atomic E-state index is -1.31. The lowest BCUT2D eigenvalue weighted by molar-refractivity contribution is -0.157. The fourth-order valence-electron chi connectivity index (χ4n) is 4.59. The zero-order valence-corrected chi connectivity index (χ0v) is 16.7. The Kier molecular flexibility index (Phi) is 5.62. The molecule has 6 nitrogen and oxygen atoms in total.